The van der Waals surface area contributed by atoms with Crippen molar-refractivity contribution < 1.29 is 15.0 Å². The summed E-state index contributed by atoms with van der Waals surface area (Å²) in [7, 11) is 0. The zero-order chi connectivity index (χ0) is 37.8. The molecule has 0 spiro atoms. The Morgan fingerprint density at radius 1 is 0.385 bits per heavy atom. The van der Waals surface area contributed by atoms with Crippen LogP contribution in [0.4, 0.5) is 0 Å². The molecule has 0 saturated carbocycles. The summed E-state index contributed by atoms with van der Waals surface area (Å²) in [6.45, 7) is 4.39. The Morgan fingerprint density at radius 3 is 0.865 bits per heavy atom. The van der Waals surface area contributed by atoms with Gasteiger partial charge in [-0.1, -0.05) is 264 Å². The third-order valence-electron chi connectivity index (χ3n) is 11.6. The molecular weight excluding hydrogens is 639 g/mol. The monoisotopic (exact) mass is 736 g/mol. The number of unbranched alkanes of at least 4 members (excludes halogenated alkanes) is 38. The van der Waals surface area contributed by atoms with Crippen LogP contribution in [0.2, 0.25) is 0 Å². The molecule has 0 aromatic heterocycles. The number of nitrogens with one attached hydrogen (secondary N) is 1. The molecule has 4 nitrogen and oxygen atoms in total. The van der Waals surface area contributed by atoms with E-state index in [4.69, 9.17) is 0 Å². The third-order valence-corrected chi connectivity index (χ3v) is 11.6. The Bertz CT molecular complexity index is 670. The Kier molecular flexibility index (Phi) is 44.3. The highest BCUT2D eigenvalue weighted by Crippen LogP contribution is 2.17. The number of aliphatic hydroxyl groups is 2. The van der Waals surface area contributed by atoms with Gasteiger partial charge in [0, 0.05) is 6.42 Å². The van der Waals surface area contributed by atoms with Crippen LogP contribution in [0.25, 0.3) is 0 Å². The summed E-state index contributed by atoms with van der Waals surface area (Å²) in [6, 6.07) is -0.529. The lowest BCUT2D eigenvalue weighted by Gasteiger charge is -2.22. The number of hydrogen-bond donors (Lipinski definition) is 3. The van der Waals surface area contributed by atoms with Gasteiger partial charge >= 0.3 is 0 Å². The maximum Gasteiger partial charge on any atom is 0.220 e. The van der Waals surface area contributed by atoms with Crippen molar-refractivity contribution in [3.05, 3.63) is 0 Å². The molecule has 2 unspecified atom stereocenters. The first-order chi connectivity index (χ1) is 25.7. The average Bonchev–Trinajstić information content (AvgIpc) is 3.15. The molecule has 0 fully saturated rings. The summed E-state index contributed by atoms with van der Waals surface area (Å²) < 4.78 is 0. The summed E-state index contributed by atoms with van der Waals surface area (Å²) in [4.78, 5) is 12.4. The van der Waals surface area contributed by atoms with E-state index in [0.717, 1.165) is 25.7 Å². The van der Waals surface area contributed by atoms with Gasteiger partial charge in [0.1, 0.15) is 0 Å². The summed E-state index contributed by atoms with van der Waals surface area (Å²) in [6.07, 6.45) is 54.8. The van der Waals surface area contributed by atoms with Gasteiger partial charge in [-0.25, -0.2) is 0 Å². The topological polar surface area (TPSA) is 69.6 Å². The van der Waals surface area contributed by atoms with E-state index in [0.29, 0.717) is 12.8 Å². The molecule has 0 heterocycles. The predicted octanol–water partition coefficient (Wildman–Crippen LogP) is 15.2. The quantitative estimate of drug-likeness (QED) is 0.0545. The summed E-state index contributed by atoms with van der Waals surface area (Å²) in [5.41, 5.74) is 0. The van der Waals surface area contributed by atoms with Gasteiger partial charge in [0.25, 0.3) is 0 Å². The second-order valence-electron chi connectivity index (χ2n) is 16.9. The molecule has 312 valence electrons. The second-order valence-corrected chi connectivity index (χ2v) is 16.9. The number of amides is 1. The molecule has 0 aliphatic heterocycles. The smallest absolute Gasteiger partial charge is 0.220 e. The molecule has 0 aromatic carbocycles. The van der Waals surface area contributed by atoms with Crippen molar-refractivity contribution >= 4 is 5.91 Å². The van der Waals surface area contributed by atoms with E-state index in [-0.39, 0.29) is 12.5 Å². The van der Waals surface area contributed by atoms with E-state index in [1.54, 1.807) is 0 Å². The normalized spacial score (nSPS) is 12.8. The average molecular weight is 736 g/mol. The molecule has 0 radical (unpaired) electrons. The highest BCUT2D eigenvalue weighted by atomic mass is 16.3. The number of carbonyl (C=O) groups is 1. The molecule has 0 saturated heterocycles. The van der Waals surface area contributed by atoms with Crippen molar-refractivity contribution in [3.8, 4) is 0 Å². The molecule has 0 bridgehead atoms. The van der Waals surface area contributed by atoms with Crippen molar-refractivity contribution in [1.29, 1.82) is 0 Å². The van der Waals surface area contributed by atoms with Crippen molar-refractivity contribution in [2.24, 2.45) is 0 Å². The molecule has 0 aliphatic carbocycles. The summed E-state index contributed by atoms with van der Waals surface area (Å²) >= 11 is 0. The molecule has 3 N–H and O–H groups in total. The molecule has 0 aromatic rings. The number of aliphatic hydroxyl groups excluding tert-OH is 2. The zero-order valence-corrected chi connectivity index (χ0v) is 35.9. The molecule has 52 heavy (non-hydrogen) atoms. The number of rotatable bonds is 45. The molecule has 0 aliphatic rings. The van der Waals surface area contributed by atoms with Gasteiger partial charge in [0.15, 0.2) is 0 Å². The molecule has 0 rings (SSSR count). The second kappa shape index (κ2) is 44.8. The van der Waals surface area contributed by atoms with Crippen LogP contribution in [0.5, 0.6) is 0 Å². The summed E-state index contributed by atoms with van der Waals surface area (Å²) in [5, 5.41) is 23.2. The van der Waals surface area contributed by atoms with E-state index in [1.165, 1.54) is 231 Å². The van der Waals surface area contributed by atoms with Crippen molar-refractivity contribution in [2.45, 2.75) is 296 Å². The van der Waals surface area contributed by atoms with Crippen molar-refractivity contribution in [2.75, 3.05) is 6.61 Å². The van der Waals surface area contributed by atoms with E-state index in [1.807, 2.05) is 0 Å². The molecule has 2 atom stereocenters. The minimum Gasteiger partial charge on any atom is -0.394 e. The first-order valence-corrected chi connectivity index (χ1v) is 24.2. The molecule has 4 heteroatoms. The van der Waals surface area contributed by atoms with Crippen LogP contribution < -0.4 is 5.32 Å². The lowest BCUT2D eigenvalue weighted by Crippen LogP contribution is -2.45. The Hall–Kier alpha value is -0.610. The Labute approximate surface area is 327 Å². The molecular formula is C48H97NO3. The fourth-order valence-electron chi connectivity index (χ4n) is 7.89. The largest absolute Gasteiger partial charge is 0.394 e. The van der Waals surface area contributed by atoms with E-state index in [2.05, 4.69) is 19.2 Å². The standard InChI is InChI=1S/C48H97NO3/c1-3-5-7-9-11-13-15-17-19-21-22-23-24-25-26-27-28-30-32-34-36-38-40-42-44-48(52)49-46(45-50)47(51)43-41-39-37-35-33-31-29-20-18-16-14-12-10-8-6-4-2/h46-47,50-51H,3-45H2,1-2H3,(H,49,52). The van der Waals surface area contributed by atoms with Crippen LogP contribution in [0, 0.1) is 0 Å². The van der Waals surface area contributed by atoms with Crippen molar-refractivity contribution in [1.82, 2.24) is 5.32 Å². The van der Waals surface area contributed by atoms with Crippen LogP contribution in [0.3, 0.4) is 0 Å². The SMILES string of the molecule is CCCCCCCCCCCCCCCCCCCCCCCCCCC(=O)NC(CO)C(O)CCCCCCCCCCCCCCCCCC. The van der Waals surface area contributed by atoms with Gasteiger partial charge in [-0.2, -0.15) is 0 Å². The minimum atomic E-state index is -0.653. The predicted molar refractivity (Wildman–Crippen MR) is 230 cm³/mol. The summed E-state index contributed by atoms with van der Waals surface area (Å²) in [5.74, 6) is -0.0242. The first-order valence-electron chi connectivity index (χ1n) is 24.2. The first kappa shape index (κ1) is 51.4. The van der Waals surface area contributed by atoms with Crippen LogP contribution in [0.15, 0.2) is 0 Å². The Balaban J connectivity index is 3.42. The van der Waals surface area contributed by atoms with Gasteiger partial charge < -0.3 is 15.5 Å². The fraction of sp³-hybridized carbons (Fsp3) is 0.979. The van der Waals surface area contributed by atoms with Gasteiger partial charge in [-0.15, -0.1) is 0 Å². The van der Waals surface area contributed by atoms with E-state index in [9.17, 15) is 15.0 Å². The minimum absolute atomic E-state index is 0.0242. The third kappa shape index (κ3) is 40.6. The van der Waals surface area contributed by atoms with Crippen LogP contribution in [0.1, 0.15) is 284 Å². The molecule has 1 amide bonds. The number of carbonyl (C=O) groups excluding carboxylic acids is 1. The fourth-order valence-corrected chi connectivity index (χ4v) is 7.89. The van der Waals surface area contributed by atoms with Gasteiger partial charge in [-0.05, 0) is 12.8 Å². The highest BCUT2D eigenvalue weighted by molar-refractivity contribution is 5.76. The van der Waals surface area contributed by atoms with Crippen LogP contribution >= 0.6 is 0 Å². The highest BCUT2D eigenvalue weighted by Gasteiger charge is 2.20. The number of hydrogen-bond acceptors (Lipinski definition) is 3. The van der Waals surface area contributed by atoms with Crippen molar-refractivity contribution in [3.63, 3.8) is 0 Å². The lowest BCUT2D eigenvalue weighted by molar-refractivity contribution is -0.123. The maximum atomic E-state index is 12.4. The van der Waals surface area contributed by atoms with Gasteiger partial charge in [0.2, 0.25) is 5.91 Å². The van der Waals surface area contributed by atoms with Gasteiger partial charge in [-0.3, -0.25) is 4.79 Å². The zero-order valence-electron chi connectivity index (χ0n) is 35.9. The van der Waals surface area contributed by atoms with Crippen LogP contribution in [-0.4, -0.2) is 34.9 Å². The van der Waals surface area contributed by atoms with E-state index >= 15 is 0 Å². The van der Waals surface area contributed by atoms with Crippen LogP contribution in [-0.2, 0) is 4.79 Å². The maximum absolute atomic E-state index is 12.4. The van der Waals surface area contributed by atoms with Gasteiger partial charge in [0.05, 0.1) is 18.8 Å². The Morgan fingerprint density at radius 2 is 0.615 bits per heavy atom. The lowest BCUT2D eigenvalue weighted by atomic mass is 10.0. The van der Waals surface area contributed by atoms with E-state index < -0.39 is 12.1 Å².